The van der Waals surface area contributed by atoms with Gasteiger partial charge in [0.05, 0.1) is 12.7 Å². The molecule has 0 spiro atoms. The Bertz CT molecular complexity index is 1340. The predicted molar refractivity (Wildman–Crippen MR) is 135 cm³/mol. The van der Waals surface area contributed by atoms with Gasteiger partial charge in [0, 0.05) is 12.1 Å². The lowest BCUT2D eigenvalue weighted by Gasteiger charge is -2.19. The minimum absolute atomic E-state index is 0.0239. The van der Waals surface area contributed by atoms with E-state index in [9.17, 15) is 0 Å². The zero-order valence-corrected chi connectivity index (χ0v) is 19.6. The molecular formula is C31H26F2O2. The van der Waals surface area contributed by atoms with E-state index in [0.717, 1.165) is 46.4 Å². The standard InChI is InChI=1S/C31H26F2O2/c1-34-24-15-16-27-23(17-24)13-8-14-26(22-11-6-3-7-12-22)30(27)31-28(32)18-25(19-29(31)33)35-20-21-9-4-2-5-10-21/h2-7,9-12,15-19H,8,13-14,20H2,1H3. The molecule has 0 radical (unpaired) electrons. The van der Waals surface area contributed by atoms with Gasteiger partial charge in [-0.1, -0.05) is 66.7 Å². The van der Waals surface area contributed by atoms with E-state index in [-0.39, 0.29) is 17.9 Å². The molecule has 4 aromatic carbocycles. The van der Waals surface area contributed by atoms with Gasteiger partial charge in [-0.15, -0.1) is 0 Å². The predicted octanol–water partition coefficient (Wildman–Crippen LogP) is 7.85. The third kappa shape index (κ3) is 4.83. The van der Waals surface area contributed by atoms with E-state index in [0.29, 0.717) is 12.0 Å². The molecule has 176 valence electrons. The number of hydrogen-bond acceptors (Lipinski definition) is 2. The fourth-order valence-corrected chi connectivity index (χ4v) is 4.72. The molecule has 0 aliphatic heterocycles. The summed E-state index contributed by atoms with van der Waals surface area (Å²) in [7, 11) is 1.62. The van der Waals surface area contributed by atoms with E-state index >= 15 is 8.78 Å². The average Bonchev–Trinajstić information content (AvgIpc) is 3.07. The topological polar surface area (TPSA) is 18.5 Å². The van der Waals surface area contributed by atoms with E-state index in [2.05, 4.69) is 0 Å². The van der Waals surface area contributed by atoms with E-state index in [4.69, 9.17) is 9.47 Å². The van der Waals surface area contributed by atoms with Crippen molar-refractivity contribution in [1.82, 2.24) is 0 Å². The molecule has 0 heterocycles. The van der Waals surface area contributed by atoms with Crippen LogP contribution in [0.3, 0.4) is 0 Å². The van der Waals surface area contributed by atoms with Crippen LogP contribution >= 0.6 is 0 Å². The normalized spacial score (nSPS) is 13.2. The number of ether oxygens (including phenoxy) is 2. The molecule has 0 aromatic heterocycles. The van der Waals surface area contributed by atoms with Crippen molar-refractivity contribution in [2.45, 2.75) is 25.9 Å². The largest absolute Gasteiger partial charge is 0.497 e. The highest BCUT2D eigenvalue weighted by molar-refractivity contribution is 6.00. The van der Waals surface area contributed by atoms with Crippen LogP contribution in [0.15, 0.2) is 91.0 Å². The Morgan fingerprint density at radius 3 is 2.11 bits per heavy atom. The summed E-state index contributed by atoms with van der Waals surface area (Å²) in [5.41, 5.74) is 5.25. The first kappa shape index (κ1) is 22.9. The lowest BCUT2D eigenvalue weighted by molar-refractivity contribution is 0.302. The van der Waals surface area contributed by atoms with Crippen molar-refractivity contribution in [1.29, 1.82) is 0 Å². The van der Waals surface area contributed by atoms with Crippen LogP contribution in [0.25, 0.3) is 11.1 Å². The van der Waals surface area contributed by atoms with Crippen LogP contribution < -0.4 is 9.47 Å². The quantitative estimate of drug-likeness (QED) is 0.287. The number of halogens is 2. The molecule has 2 nitrogen and oxygen atoms in total. The highest BCUT2D eigenvalue weighted by Crippen LogP contribution is 2.43. The van der Waals surface area contributed by atoms with Gasteiger partial charge >= 0.3 is 0 Å². The summed E-state index contributed by atoms with van der Waals surface area (Å²) in [4.78, 5) is 0. The van der Waals surface area contributed by atoms with E-state index in [1.54, 1.807) is 7.11 Å². The maximum absolute atomic E-state index is 15.7. The molecular weight excluding hydrogens is 442 g/mol. The summed E-state index contributed by atoms with van der Waals surface area (Å²) in [6, 6.07) is 27.7. The number of allylic oxidation sites excluding steroid dienone is 1. The molecule has 1 aliphatic carbocycles. The summed E-state index contributed by atoms with van der Waals surface area (Å²) < 4.78 is 42.5. The average molecular weight is 469 g/mol. The van der Waals surface area contributed by atoms with Crippen LogP contribution in [-0.2, 0) is 13.0 Å². The molecule has 35 heavy (non-hydrogen) atoms. The Balaban J connectivity index is 1.63. The van der Waals surface area contributed by atoms with Gasteiger partial charge in [0.1, 0.15) is 29.7 Å². The smallest absolute Gasteiger partial charge is 0.137 e. The Labute approximate surface area is 204 Å². The summed E-state index contributed by atoms with van der Waals surface area (Å²) in [6.07, 6.45) is 2.38. The third-order valence-corrected chi connectivity index (χ3v) is 6.39. The summed E-state index contributed by atoms with van der Waals surface area (Å²) in [6.45, 7) is 0.236. The van der Waals surface area contributed by atoms with Gasteiger partial charge in [-0.2, -0.15) is 0 Å². The van der Waals surface area contributed by atoms with E-state index in [1.807, 2.05) is 78.9 Å². The molecule has 4 aromatic rings. The van der Waals surface area contributed by atoms with Crippen molar-refractivity contribution < 1.29 is 18.3 Å². The van der Waals surface area contributed by atoms with Gasteiger partial charge < -0.3 is 9.47 Å². The van der Waals surface area contributed by atoms with Gasteiger partial charge in [-0.3, -0.25) is 0 Å². The molecule has 0 atom stereocenters. The van der Waals surface area contributed by atoms with Crippen LogP contribution in [-0.4, -0.2) is 7.11 Å². The molecule has 0 bridgehead atoms. The van der Waals surface area contributed by atoms with Crippen LogP contribution in [0, 0.1) is 11.6 Å². The molecule has 0 saturated carbocycles. The minimum Gasteiger partial charge on any atom is -0.497 e. The van der Waals surface area contributed by atoms with Gasteiger partial charge in [-0.25, -0.2) is 8.78 Å². The molecule has 5 rings (SSSR count). The fourth-order valence-electron chi connectivity index (χ4n) is 4.72. The van der Waals surface area contributed by atoms with Crippen LogP contribution in [0.5, 0.6) is 11.5 Å². The molecule has 1 aliphatic rings. The highest BCUT2D eigenvalue weighted by Gasteiger charge is 2.26. The molecule has 0 fully saturated rings. The lowest BCUT2D eigenvalue weighted by Crippen LogP contribution is -2.04. The Morgan fingerprint density at radius 2 is 1.43 bits per heavy atom. The van der Waals surface area contributed by atoms with Crippen molar-refractivity contribution >= 4 is 11.1 Å². The zero-order chi connectivity index (χ0) is 24.2. The number of methoxy groups -OCH3 is 1. The summed E-state index contributed by atoms with van der Waals surface area (Å²) >= 11 is 0. The number of rotatable bonds is 6. The second-order valence-electron chi connectivity index (χ2n) is 8.63. The maximum atomic E-state index is 15.7. The van der Waals surface area contributed by atoms with Gasteiger partial charge in [0.25, 0.3) is 0 Å². The summed E-state index contributed by atoms with van der Waals surface area (Å²) in [5, 5.41) is 0. The first-order valence-electron chi connectivity index (χ1n) is 11.8. The first-order valence-corrected chi connectivity index (χ1v) is 11.8. The Kier molecular flexibility index (Phi) is 6.62. The van der Waals surface area contributed by atoms with Crippen LogP contribution in [0.1, 0.15) is 40.7 Å². The third-order valence-electron chi connectivity index (χ3n) is 6.39. The van der Waals surface area contributed by atoms with Crippen molar-refractivity contribution in [3.05, 3.63) is 130 Å². The number of hydrogen-bond donors (Lipinski definition) is 0. The number of benzene rings is 4. The van der Waals surface area contributed by atoms with Crippen molar-refractivity contribution in [2.75, 3.05) is 7.11 Å². The van der Waals surface area contributed by atoms with Crippen molar-refractivity contribution in [3.8, 4) is 11.5 Å². The van der Waals surface area contributed by atoms with E-state index < -0.39 is 11.6 Å². The van der Waals surface area contributed by atoms with Crippen LogP contribution in [0.4, 0.5) is 8.78 Å². The fraction of sp³-hybridized carbons (Fsp3) is 0.161. The van der Waals surface area contributed by atoms with Crippen molar-refractivity contribution in [3.63, 3.8) is 0 Å². The number of fused-ring (bicyclic) bond motifs is 1. The lowest BCUT2D eigenvalue weighted by atomic mass is 9.87. The monoisotopic (exact) mass is 468 g/mol. The van der Waals surface area contributed by atoms with Gasteiger partial charge in [-0.05, 0) is 64.8 Å². The molecule has 0 N–H and O–H groups in total. The Hall–Kier alpha value is -3.92. The first-order chi connectivity index (χ1) is 17.1. The molecule has 4 heteroatoms. The van der Waals surface area contributed by atoms with Gasteiger partial charge in [0.2, 0.25) is 0 Å². The van der Waals surface area contributed by atoms with E-state index in [1.165, 1.54) is 12.1 Å². The molecule has 0 unspecified atom stereocenters. The van der Waals surface area contributed by atoms with Gasteiger partial charge in [0.15, 0.2) is 0 Å². The van der Waals surface area contributed by atoms with Crippen LogP contribution in [0.2, 0.25) is 0 Å². The molecule has 0 amide bonds. The SMILES string of the molecule is COc1ccc2c(c1)CCCC(c1ccccc1)=C2c1c(F)cc(OCc2ccccc2)cc1F. The molecule has 0 saturated heterocycles. The summed E-state index contributed by atoms with van der Waals surface area (Å²) in [5.74, 6) is -0.379. The maximum Gasteiger partial charge on any atom is 0.137 e. The number of aryl methyl sites for hydroxylation is 1. The Morgan fingerprint density at radius 1 is 0.743 bits per heavy atom. The van der Waals surface area contributed by atoms with Crippen molar-refractivity contribution in [2.24, 2.45) is 0 Å². The zero-order valence-electron chi connectivity index (χ0n) is 19.6. The minimum atomic E-state index is -0.639. The second-order valence-corrected chi connectivity index (χ2v) is 8.63. The second kappa shape index (κ2) is 10.1. The highest BCUT2D eigenvalue weighted by atomic mass is 19.1.